The van der Waals surface area contributed by atoms with Crippen LogP contribution in [0.4, 0.5) is 5.13 Å². The molecule has 0 radical (unpaired) electrons. The molecule has 1 aromatic heterocycles. The number of nitrogens with zero attached hydrogens (tertiary/aromatic N) is 1. The Morgan fingerprint density at radius 2 is 1.86 bits per heavy atom. The first kappa shape index (κ1) is 16.8. The van der Waals surface area contributed by atoms with Gasteiger partial charge < -0.3 is 9.47 Å². The minimum atomic E-state index is -0.256. The normalized spacial score (nSPS) is 10.6. The Morgan fingerprint density at radius 1 is 1.27 bits per heavy atom. The maximum Gasteiger partial charge on any atom is 0.257 e. The van der Waals surface area contributed by atoms with Crippen LogP contribution in [-0.2, 0) is 0 Å². The molecule has 0 spiro atoms. The largest absolute Gasteiger partial charge is 0.495 e. The van der Waals surface area contributed by atoms with Gasteiger partial charge in [0.05, 0.1) is 19.9 Å². The molecule has 1 amide bonds. The van der Waals surface area contributed by atoms with Crippen LogP contribution in [0.5, 0.6) is 11.5 Å². The van der Waals surface area contributed by atoms with Crippen molar-refractivity contribution in [1.29, 1.82) is 0 Å². The van der Waals surface area contributed by atoms with Crippen molar-refractivity contribution in [2.45, 2.75) is 19.8 Å². The van der Waals surface area contributed by atoms with E-state index < -0.39 is 0 Å². The van der Waals surface area contributed by atoms with E-state index >= 15 is 0 Å². The first-order chi connectivity index (χ1) is 10.5. The predicted molar refractivity (Wildman–Crippen MR) is 91.4 cm³/mol. The molecule has 5 nitrogen and oxygen atoms in total. The van der Waals surface area contributed by atoms with E-state index in [2.05, 4.69) is 40.1 Å². The fourth-order valence-electron chi connectivity index (χ4n) is 1.78. The van der Waals surface area contributed by atoms with Crippen molar-refractivity contribution in [2.24, 2.45) is 0 Å². The molecule has 0 atom stereocenters. The average molecular weight is 385 g/mol. The number of benzene rings is 1. The van der Waals surface area contributed by atoms with Crippen LogP contribution < -0.4 is 14.8 Å². The molecule has 0 saturated carbocycles. The molecule has 0 unspecified atom stereocenters. The van der Waals surface area contributed by atoms with Crippen LogP contribution in [0.2, 0.25) is 0 Å². The lowest BCUT2D eigenvalue weighted by Crippen LogP contribution is -2.12. The molecule has 0 aliphatic carbocycles. The van der Waals surface area contributed by atoms with Crippen molar-refractivity contribution in [3.05, 3.63) is 33.2 Å². The van der Waals surface area contributed by atoms with Crippen molar-refractivity contribution in [2.75, 3.05) is 19.5 Å². The summed E-state index contributed by atoms with van der Waals surface area (Å²) in [5, 5.41) is 5.32. The second kappa shape index (κ2) is 7.11. The molecule has 0 aliphatic rings. The summed E-state index contributed by atoms with van der Waals surface area (Å²) >= 11 is 4.79. The fourth-order valence-corrected chi connectivity index (χ4v) is 3.20. The van der Waals surface area contributed by atoms with Crippen LogP contribution >= 0.6 is 27.3 Å². The van der Waals surface area contributed by atoms with Crippen LogP contribution in [0, 0.1) is 0 Å². The van der Waals surface area contributed by atoms with Crippen LogP contribution in [0.1, 0.15) is 35.8 Å². The summed E-state index contributed by atoms with van der Waals surface area (Å²) in [4.78, 5) is 16.8. The maximum atomic E-state index is 12.4. The number of carbonyl (C=O) groups is 1. The van der Waals surface area contributed by atoms with E-state index in [1.165, 1.54) is 25.6 Å². The molecule has 0 bridgehead atoms. The average Bonchev–Trinajstić information content (AvgIpc) is 2.96. The van der Waals surface area contributed by atoms with Gasteiger partial charge in [0, 0.05) is 10.9 Å². The van der Waals surface area contributed by atoms with Crippen molar-refractivity contribution < 1.29 is 14.3 Å². The molecule has 0 saturated heterocycles. The van der Waals surface area contributed by atoms with Gasteiger partial charge in [-0.2, -0.15) is 0 Å². The van der Waals surface area contributed by atoms with Crippen LogP contribution in [0.15, 0.2) is 22.0 Å². The lowest BCUT2D eigenvalue weighted by atomic mass is 10.2. The number of ether oxygens (including phenoxy) is 2. The van der Waals surface area contributed by atoms with E-state index in [0.29, 0.717) is 32.6 Å². The number of thiazole rings is 1. The zero-order valence-corrected chi connectivity index (χ0v) is 15.2. The van der Waals surface area contributed by atoms with Crippen molar-refractivity contribution in [3.8, 4) is 11.5 Å². The van der Waals surface area contributed by atoms with E-state index in [1.807, 2.05) is 5.38 Å². The maximum absolute atomic E-state index is 12.4. The zero-order chi connectivity index (χ0) is 16.3. The van der Waals surface area contributed by atoms with Gasteiger partial charge in [-0.1, -0.05) is 13.8 Å². The summed E-state index contributed by atoms with van der Waals surface area (Å²) in [6.45, 7) is 4.12. The Labute approximate surface area is 141 Å². The number of rotatable bonds is 5. The first-order valence-electron chi connectivity index (χ1n) is 6.64. The highest BCUT2D eigenvalue weighted by molar-refractivity contribution is 9.10. The standard InChI is InChI=1S/C15H17BrN2O3S/c1-8(2)10-7-22-15(17-10)18-14(19)9-5-11(20-3)13(16)12(6-9)21-4/h5-8H,1-4H3,(H,17,18,19). The molecule has 1 heterocycles. The molecule has 118 valence electrons. The molecule has 1 N–H and O–H groups in total. The number of hydrogen-bond donors (Lipinski definition) is 1. The Kier molecular flexibility index (Phi) is 5.42. The molecular formula is C15H17BrN2O3S. The summed E-state index contributed by atoms with van der Waals surface area (Å²) in [5.74, 6) is 1.14. The van der Waals surface area contributed by atoms with E-state index in [1.54, 1.807) is 12.1 Å². The zero-order valence-electron chi connectivity index (χ0n) is 12.8. The number of hydrogen-bond acceptors (Lipinski definition) is 5. The third-order valence-electron chi connectivity index (χ3n) is 3.04. The van der Waals surface area contributed by atoms with E-state index in [9.17, 15) is 4.79 Å². The Bertz CT molecular complexity index is 660. The number of nitrogens with one attached hydrogen (secondary N) is 1. The summed E-state index contributed by atoms with van der Waals surface area (Å²) in [6, 6.07) is 3.30. The molecule has 2 rings (SSSR count). The van der Waals surface area contributed by atoms with Crippen LogP contribution in [0.3, 0.4) is 0 Å². The van der Waals surface area contributed by atoms with Crippen molar-refractivity contribution in [1.82, 2.24) is 4.98 Å². The quantitative estimate of drug-likeness (QED) is 0.834. The highest BCUT2D eigenvalue weighted by Gasteiger charge is 2.16. The van der Waals surface area contributed by atoms with Crippen molar-refractivity contribution in [3.63, 3.8) is 0 Å². The van der Waals surface area contributed by atoms with Gasteiger partial charge in [-0.3, -0.25) is 10.1 Å². The molecule has 7 heteroatoms. The number of halogens is 1. The van der Waals surface area contributed by atoms with Gasteiger partial charge in [-0.25, -0.2) is 4.98 Å². The predicted octanol–water partition coefficient (Wildman–Crippen LogP) is 4.30. The highest BCUT2D eigenvalue weighted by Crippen LogP contribution is 2.35. The summed E-state index contributed by atoms with van der Waals surface area (Å²) in [7, 11) is 3.08. The van der Waals surface area contributed by atoms with Gasteiger partial charge in [0.1, 0.15) is 16.0 Å². The third kappa shape index (κ3) is 3.59. The Morgan fingerprint density at radius 3 is 2.32 bits per heavy atom. The lowest BCUT2D eigenvalue weighted by Gasteiger charge is -2.11. The SMILES string of the molecule is COc1cc(C(=O)Nc2nc(C(C)C)cs2)cc(OC)c1Br. The summed E-state index contributed by atoms with van der Waals surface area (Å²) in [6.07, 6.45) is 0. The molecule has 22 heavy (non-hydrogen) atoms. The second-order valence-electron chi connectivity index (χ2n) is 4.88. The van der Waals surface area contributed by atoms with Crippen LogP contribution in [-0.4, -0.2) is 25.1 Å². The number of methoxy groups -OCH3 is 2. The minimum absolute atomic E-state index is 0.256. The number of amides is 1. The number of carbonyl (C=O) groups excluding carboxylic acids is 1. The van der Waals surface area contributed by atoms with E-state index in [-0.39, 0.29) is 5.91 Å². The van der Waals surface area contributed by atoms with Gasteiger partial charge in [0.15, 0.2) is 5.13 Å². The van der Waals surface area contributed by atoms with E-state index in [4.69, 9.17) is 9.47 Å². The van der Waals surface area contributed by atoms with E-state index in [0.717, 1.165) is 5.69 Å². The highest BCUT2D eigenvalue weighted by atomic mass is 79.9. The minimum Gasteiger partial charge on any atom is -0.495 e. The molecular weight excluding hydrogens is 368 g/mol. The topological polar surface area (TPSA) is 60.5 Å². The molecule has 1 aromatic carbocycles. The van der Waals surface area contributed by atoms with Gasteiger partial charge >= 0.3 is 0 Å². The van der Waals surface area contributed by atoms with Crippen molar-refractivity contribution >= 4 is 38.3 Å². The lowest BCUT2D eigenvalue weighted by molar-refractivity contribution is 0.102. The molecule has 0 fully saturated rings. The summed E-state index contributed by atoms with van der Waals surface area (Å²) in [5.41, 5.74) is 1.41. The van der Waals surface area contributed by atoms with Gasteiger partial charge in [-0.05, 0) is 34.0 Å². The molecule has 0 aliphatic heterocycles. The van der Waals surface area contributed by atoms with Gasteiger partial charge in [0.2, 0.25) is 0 Å². The van der Waals surface area contributed by atoms with Crippen LogP contribution in [0.25, 0.3) is 0 Å². The Balaban J connectivity index is 2.25. The fraction of sp³-hybridized carbons (Fsp3) is 0.333. The van der Waals surface area contributed by atoms with Gasteiger partial charge in [-0.15, -0.1) is 11.3 Å². The first-order valence-corrected chi connectivity index (χ1v) is 8.31. The number of anilines is 1. The monoisotopic (exact) mass is 384 g/mol. The third-order valence-corrected chi connectivity index (χ3v) is 4.60. The summed E-state index contributed by atoms with van der Waals surface area (Å²) < 4.78 is 11.2. The smallest absolute Gasteiger partial charge is 0.257 e. The second-order valence-corrected chi connectivity index (χ2v) is 6.53. The Hall–Kier alpha value is -1.60. The molecule has 2 aromatic rings. The van der Waals surface area contributed by atoms with Gasteiger partial charge in [0.25, 0.3) is 5.91 Å². The number of aromatic nitrogens is 1.